The van der Waals surface area contributed by atoms with Crippen molar-refractivity contribution in [1.82, 2.24) is 10.0 Å². The minimum Gasteiger partial charge on any atom is -0.475 e. The third-order valence-corrected chi connectivity index (χ3v) is 6.93. The average molecular weight is 501 g/mol. The van der Waals surface area contributed by atoms with Crippen LogP contribution in [-0.4, -0.2) is 49.9 Å². The monoisotopic (exact) mass is 500 g/mol. The summed E-state index contributed by atoms with van der Waals surface area (Å²) in [5.41, 5.74) is 2.06. The summed E-state index contributed by atoms with van der Waals surface area (Å²) >= 11 is 3.42. The number of aliphatic carboxylic acids is 1. The van der Waals surface area contributed by atoms with Crippen LogP contribution in [0.25, 0.3) is 0 Å². The van der Waals surface area contributed by atoms with E-state index in [1.54, 1.807) is 0 Å². The van der Waals surface area contributed by atoms with Crippen LogP contribution in [0.4, 0.5) is 13.2 Å². The van der Waals surface area contributed by atoms with Crippen LogP contribution in [0.15, 0.2) is 22.7 Å². The van der Waals surface area contributed by atoms with Crippen molar-refractivity contribution in [3.05, 3.63) is 33.8 Å². The van der Waals surface area contributed by atoms with Crippen molar-refractivity contribution < 1.29 is 36.3 Å². The lowest BCUT2D eigenvalue weighted by molar-refractivity contribution is -0.192. The average Bonchev–Trinajstić information content (AvgIpc) is 3.05. The SMILES string of the molecule is O=C(NS(=O)(=O)[C@@H]1CCCNC1)C1CCc2cc(Br)ccc21.O=C(O)C(F)(F)F. The molecule has 162 valence electrons. The van der Waals surface area contributed by atoms with E-state index >= 15 is 0 Å². The zero-order chi connectivity index (χ0) is 21.8. The molecule has 1 amide bonds. The number of nitrogens with one attached hydrogen (secondary N) is 2. The molecular weight excluding hydrogens is 481 g/mol. The number of sulfonamides is 1. The number of carbonyl (C=O) groups excluding carboxylic acids is 1. The van der Waals surface area contributed by atoms with Crippen LogP contribution < -0.4 is 10.0 Å². The van der Waals surface area contributed by atoms with Gasteiger partial charge in [0.1, 0.15) is 0 Å². The molecule has 7 nitrogen and oxygen atoms in total. The quantitative estimate of drug-likeness (QED) is 0.586. The van der Waals surface area contributed by atoms with Crippen LogP contribution in [0, 0.1) is 0 Å². The van der Waals surface area contributed by atoms with Crippen molar-refractivity contribution in [3.63, 3.8) is 0 Å². The molecule has 0 radical (unpaired) electrons. The standard InChI is InChI=1S/C15H19BrN2O3S.C2HF3O2/c16-11-4-6-13-10(8-11)3-5-14(13)15(19)18-22(20,21)12-2-1-7-17-9-12;3-2(4,5)1(6)7/h4,6,8,12,14,17H,1-3,5,7,9H2,(H,18,19);(H,6,7)/t12-,14?;/m1./s1. The Morgan fingerprint density at radius 2 is 1.90 bits per heavy atom. The summed E-state index contributed by atoms with van der Waals surface area (Å²) in [7, 11) is -3.60. The first-order chi connectivity index (χ1) is 13.4. The second-order valence-electron chi connectivity index (χ2n) is 6.72. The third-order valence-electron chi connectivity index (χ3n) is 4.68. The number of hydrogen-bond acceptors (Lipinski definition) is 5. The number of amides is 1. The van der Waals surface area contributed by atoms with Gasteiger partial charge in [-0.2, -0.15) is 13.2 Å². The summed E-state index contributed by atoms with van der Waals surface area (Å²) in [5, 5.41) is 9.68. The van der Waals surface area contributed by atoms with Crippen LogP contribution in [0.5, 0.6) is 0 Å². The number of alkyl halides is 3. The molecule has 1 unspecified atom stereocenters. The largest absolute Gasteiger partial charge is 0.490 e. The van der Waals surface area contributed by atoms with Crippen LogP contribution in [0.3, 0.4) is 0 Å². The lowest BCUT2D eigenvalue weighted by atomic mass is 10.0. The van der Waals surface area contributed by atoms with Crippen molar-refractivity contribution in [2.45, 2.75) is 43.0 Å². The summed E-state index contributed by atoms with van der Waals surface area (Å²) in [6, 6.07) is 5.80. The highest BCUT2D eigenvalue weighted by molar-refractivity contribution is 9.10. The molecular formula is C17H20BrF3N2O5S. The van der Waals surface area contributed by atoms with E-state index in [0.29, 0.717) is 19.4 Å². The fourth-order valence-electron chi connectivity index (χ4n) is 3.24. The lowest BCUT2D eigenvalue weighted by Crippen LogP contribution is -2.46. The number of fused-ring (bicyclic) bond motifs is 1. The van der Waals surface area contributed by atoms with E-state index in [1.165, 1.54) is 0 Å². The Kier molecular flexibility index (Phi) is 7.68. The first-order valence-corrected chi connectivity index (χ1v) is 11.1. The van der Waals surface area contributed by atoms with Gasteiger partial charge < -0.3 is 10.4 Å². The highest BCUT2D eigenvalue weighted by Gasteiger charge is 2.38. The van der Waals surface area contributed by atoms with Crippen LogP contribution in [0.2, 0.25) is 0 Å². The first kappa shape index (κ1) is 23.6. The van der Waals surface area contributed by atoms with Gasteiger partial charge in [-0.05, 0) is 55.5 Å². The summed E-state index contributed by atoms with van der Waals surface area (Å²) in [6.45, 7) is 1.25. The molecule has 0 aromatic heterocycles. The van der Waals surface area contributed by atoms with Gasteiger partial charge >= 0.3 is 12.1 Å². The van der Waals surface area contributed by atoms with Crippen molar-refractivity contribution in [2.24, 2.45) is 0 Å². The van der Waals surface area contributed by atoms with Gasteiger partial charge in [-0.3, -0.25) is 9.52 Å². The zero-order valence-corrected chi connectivity index (χ0v) is 17.5. The molecule has 1 fully saturated rings. The number of carboxylic acids is 1. The smallest absolute Gasteiger partial charge is 0.475 e. The van der Waals surface area contributed by atoms with E-state index in [4.69, 9.17) is 9.90 Å². The van der Waals surface area contributed by atoms with Gasteiger partial charge in [0.05, 0.1) is 11.2 Å². The first-order valence-electron chi connectivity index (χ1n) is 8.76. The van der Waals surface area contributed by atoms with Gasteiger partial charge in [0, 0.05) is 11.0 Å². The van der Waals surface area contributed by atoms with Crippen LogP contribution in [0.1, 0.15) is 36.3 Å². The highest BCUT2D eigenvalue weighted by Crippen LogP contribution is 2.35. The fourth-order valence-corrected chi connectivity index (χ4v) is 5.05. The van der Waals surface area contributed by atoms with Gasteiger partial charge in [-0.1, -0.05) is 22.0 Å². The number of aryl methyl sites for hydroxylation is 1. The molecule has 2 aliphatic rings. The van der Waals surface area contributed by atoms with Crippen LogP contribution in [-0.2, 0) is 26.0 Å². The van der Waals surface area contributed by atoms with Crippen molar-refractivity contribution >= 4 is 37.8 Å². The normalized spacial score (nSPS) is 21.5. The van der Waals surface area contributed by atoms with E-state index in [0.717, 1.165) is 35.0 Å². The van der Waals surface area contributed by atoms with Gasteiger partial charge in [-0.15, -0.1) is 0 Å². The van der Waals surface area contributed by atoms with Gasteiger partial charge in [0.15, 0.2) is 0 Å². The lowest BCUT2D eigenvalue weighted by Gasteiger charge is -2.23. The number of halogens is 4. The van der Waals surface area contributed by atoms with E-state index < -0.39 is 33.3 Å². The second kappa shape index (κ2) is 9.43. The predicted molar refractivity (Wildman–Crippen MR) is 102 cm³/mol. The second-order valence-corrected chi connectivity index (χ2v) is 9.59. The molecule has 2 atom stereocenters. The maximum absolute atomic E-state index is 12.4. The molecule has 0 bridgehead atoms. The highest BCUT2D eigenvalue weighted by atomic mass is 79.9. The van der Waals surface area contributed by atoms with Gasteiger partial charge in [0.2, 0.25) is 15.9 Å². The summed E-state index contributed by atoms with van der Waals surface area (Å²) in [4.78, 5) is 21.3. The Morgan fingerprint density at radius 1 is 1.24 bits per heavy atom. The minimum atomic E-state index is -5.08. The van der Waals surface area contributed by atoms with E-state index in [9.17, 15) is 26.4 Å². The molecule has 1 heterocycles. The molecule has 3 N–H and O–H groups in total. The topological polar surface area (TPSA) is 113 Å². The number of carbonyl (C=O) groups is 2. The Labute approximate surface area is 174 Å². The Bertz CT molecular complexity index is 870. The maximum atomic E-state index is 12.4. The molecule has 0 saturated carbocycles. The maximum Gasteiger partial charge on any atom is 0.490 e. The Hall–Kier alpha value is -1.66. The molecule has 1 saturated heterocycles. The van der Waals surface area contributed by atoms with Crippen molar-refractivity contribution in [1.29, 1.82) is 0 Å². The fraction of sp³-hybridized carbons (Fsp3) is 0.529. The van der Waals surface area contributed by atoms with Gasteiger partial charge in [-0.25, -0.2) is 13.2 Å². The van der Waals surface area contributed by atoms with Crippen LogP contribution >= 0.6 is 15.9 Å². The number of rotatable bonds is 3. The van der Waals surface area contributed by atoms with E-state index in [-0.39, 0.29) is 5.92 Å². The number of benzene rings is 1. The number of piperidine rings is 1. The molecule has 1 aliphatic heterocycles. The van der Waals surface area contributed by atoms with Crippen molar-refractivity contribution in [2.75, 3.05) is 13.1 Å². The summed E-state index contributed by atoms with van der Waals surface area (Å²) in [6.07, 6.45) is -2.20. The molecule has 1 aromatic rings. The molecule has 1 aliphatic carbocycles. The number of hydrogen-bond donors (Lipinski definition) is 3. The zero-order valence-electron chi connectivity index (χ0n) is 15.1. The van der Waals surface area contributed by atoms with Crippen molar-refractivity contribution in [3.8, 4) is 0 Å². The molecule has 3 rings (SSSR count). The minimum absolute atomic E-state index is 0.366. The molecule has 12 heteroatoms. The molecule has 29 heavy (non-hydrogen) atoms. The van der Waals surface area contributed by atoms with E-state index in [1.807, 2.05) is 18.2 Å². The summed E-state index contributed by atoms with van der Waals surface area (Å²) in [5.74, 6) is -3.52. The van der Waals surface area contributed by atoms with E-state index in [2.05, 4.69) is 26.0 Å². The van der Waals surface area contributed by atoms with Gasteiger partial charge in [0.25, 0.3) is 0 Å². The number of carboxylic acid groups (broad SMARTS) is 1. The molecule has 0 spiro atoms. The third kappa shape index (κ3) is 6.41. The Morgan fingerprint density at radius 3 is 2.45 bits per heavy atom. The molecule has 1 aromatic carbocycles. The Balaban J connectivity index is 0.000000370. The predicted octanol–water partition coefficient (Wildman–Crippen LogP) is 2.31. The summed E-state index contributed by atoms with van der Waals surface area (Å²) < 4.78 is 59.7.